The minimum atomic E-state index is -0.683. The molecule has 3 aromatic rings. The van der Waals surface area contributed by atoms with Crippen LogP contribution in [0, 0.1) is 41.9 Å². The number of ether oxygens (including phenoxy) is 2. The lowest BCUT2D eigenvalue weighted by Crippen LogP contribution is -2.70. The third-order valence-corrected chi connectivity index (χ3v) is 6.77. The van der Waals surface area contributed by atoms with Crippen molar-refractivity contribution in [1.29, 1.82) is 10.5 Å². The quantitative estimate of drug-likeness (QED) is 0.425. The number of aromatic nitrogens is 3. The van der Waals surface area contributed by atoms with E-state index in [4.69, 9.17) is 14.7 Å². The molecule has 0 unspecified atom stereocenters. The van der Waals surface area contributed by atoms with Gasteiger partial charge in [0.25, 0.3) is 0 Å². The van der Waals surface area contributed by atoms with Gasteiger partial charge in [-0.1, -0.05) is 0 Å². The molecule has 9 nitrogen and oxygen atoms in total. The van der Waals surface area contributed by atoms with Crippen molar-refractivity contribution in [3.05, 3.63) is 47.2 Å². The van der Waals surface area contributed by atoms with E-state index in [0.29, 0.717) is 22.7 Å². The number of benzene rings is 1. The number of nitrogens with zero attached hydrogens (tertiary/aromatic N) is 5. The first-order chi connectivity index (χ1) is 17.5. The maximum absolute atomic E-state index is 13.0. The van der Waals surface area contributed by atoms with Crippen LogP contribution in [0.15, 0.2) is 30.5 Å². The van der Waals surface area contributed by atoms with Gasteiger partial charge in [-0.05, 0) is 94.8 Å². The summed E-state index contributed by atoms with van der Waals surface area (Å²) in [6.07, 6.45) is 6.51. The highest BCUT2D eigenvalue weighted by molar-refractivity contribution is 5.91. The fourth-order valence-corrected chi connectivity index (χ4v) is 5.35. The zero-order chi connectivity index (χ0) is 26.6. The molecule has 0 radical (unpaired) electrons. The molecule has 0 aliphatic heterocycles. The first-order valence-electron chi connectivity index (χ1n) is 12.1. The van der Waals surface area contributed by atoms with Gasteiger partial charge < -0.3 is 14.8 Å². The Morgan fingerprint density at radius 3 is 2.43 bits per heavy atom. The van der Waals surface area contributed by atoms with Gasteiger partial charge in [-0.15, -0.1) is 0 Å². The number of allylic oxidation sites excluding steroid dienone is 1. The largest absolute Gasteiger partial charge is 0.443 e. The molecule has 6 rings (SSSR count). The lowest BCUT2D eigenvalue weighted by Gasteiger charge is -2.66. The normalized spacial score (nSPS) is 22.0. The van der Waals surface area contributed by atoms with Crippen LogP contribution in [0.5, 0.6) is 11.6 Å². The Morgan fingerprint density at radius 1 is 1.16 bits per heavy atom. The van der Waals surface area contributed by atoms with Crippen molar-refractivity contribution in [1.82, 2.24) is 14.5 Å². The van der Waals surface area contributed by atoms with Gasteiger partial charge in [0, 0.05) is 17.8 Å². The van der Waals surface area contributed by atoms with Crippen LogP contribution in [0.25, 0.3) is 17.1 Å². The van der Waals surface area contributed by atoms with Gasteiger partial charge in [0.15, 0.2) is 0 Å². The number of nitrogens with one attached hydrogen (secondary N) is 1. The molecule has 9 heteroatoms. The lowest BCUT2D eigenvalue weighted by atomic mass is 9.40. The van der Waals surface area contributed by atoms with Crippen molar-refractivity contribution in [2.75, 3.05) is 5.32 Å². The number of rotatable bonds is 5. The first-order valence-corrected chi connectivity index (χ1v) is 12.1. The summed E-state index contributed by atoms with van der Waals surface area (Å²) in [5.74, 6) is 1.21. The molecular weight excluding hydrogens is 468 g/mol. The summed E-state index contributed by atoms with van der Waals surface area (Å²) >= 11 is 0. The van der Waals surface area contributed by atoms with E-state index >= 15 is 0 Å². The van der Waals surface area contributed by atoms with E-state index < -0.39 is 11.7 Å². The Bertz CT molecular complexity index is 1500. The van der Waals surface area contributed by atoms with Gasteiger partial charge in [0.05, 0.1) is 23.1 Å². The molecule has 37 heavy (non-hydrogen) atoms. The predicted octanol–water partition coefficient (Wildman–Crippen LogP) is 6.02. The van der Waals surface area contributed by atoms with Crippen LogP contribution in [0.1, 0.15) is 56.7 Å². The first kappa shape index (κ1) is 24.3. The fourth-order valence-electron chi connectivity index (χ4n) is 5.35. The van der Waals surface area contributed by atoms with E-state index in [-0.39, 0.29) is 16.8 Å². The summed E-state index contributed by atoms with van der Waals surface area (Å²) in [5.41, 5.74) is 2.45. The van der Waals surface area contributed by atoms with Crippen molar-refractivity contribution < 1.29 is 14.3 Å². The molecule has 1 N–H and O–H groups in total. The average molecular weight is 497 g/mol. The van der Waals surface area contributed by atoms with Crippen molar-refractivity contribution in [2.45, 2.75) is 65.0 Å². The predicted molar refractivity (Wildman–Crippen MR) is 138 cm³/mol. The molecule has 1 aromatic carbocycles. The molecule has 3 saturated carbocycles. The number of aryl methyl sites for hydroxylation is 2. The summed E-state index contributed by atoms with van der Waals surface area (Å²) in [6, 6.07) is 9.98. The summed E-state index contributed by atoms with van der Waals surface area (Å²) in [4.78, 5) is 22.4. The lowest BCUT2D eigenvalue weighted by molar-refractivity contribution is -0.0665. The maximum Gasteiger partial charge on any atom is 0.419 e. The summed E-state index contributed by atoms with van der Waals surface area (Å²) < 4.78 is 13.3. The molecule has 0 saturated heterocycles. The Labute approximate surface area is 215 Å². The van der Waals surface area contributed by atoms with Crippen molar-refractivity contribution >= 4 is 29.2 Å². The highest BCUT2D eigenvalue weighted by Crippen LogP contribution is 2.67. The number of hydrogen-bond acceptors (Lipinski definition) is 8. The number of anilines is 1. The highest BCUT2D eigenvalue weighted by Gasteiger charge is 2.69. The Morgan fingerprint density at radius 2 is 1.84 bits per heavy atom. The van der Waals surface area contributed by atoms with E-state index in [9.17, 15) is 10.1 Å². The number of carbonyl (C=O) groups excluding carboxylic acids is 1. The monoisotopic (exact) mass is 496 g/mol. The second kappa shape index (κ2) is 8.35. The van der Waals surface area contributed by atoms with Crippen LogP contribution in [0.3, 0.4) is 0 Å². The van der Waals surface area contributed by atoms with Crippen molar-refractivity contribution in [3.63, 3.8) is 0 Å². The number of carbonyl (C=O) groups is 1. The van der Waals surface area contributed by atoms with Crippen molar-refractivity contribution in [2.24, 2.45) is 5.41 Å². The number of nitriles is 2. The van der Waals surface area contributed by atoms with E-state index in [1.165, 1.54) is 10.6 Å². The molecule has 2 aromatic heterocycles. The van der Waals surface area contributed by atoms with Gasteiger partial charge in [0.1, 0.15) is 16.9 Å². The molecule has 2 bridgehead atoms. The summed E-state index contributed by atoms with van der Waals surface area (Å²) in [5, 5.41) is 21.6. The van der Waals surface area contributed by atoms with E-state index in [1.54, 1.807) is 39.1 Å². The Hall–Kier alpha value is -4.37. The van der Waals surface area contributed by atoms with E-state index in [0.717, 1.165) is 36.0 Å². The van der Waals surface area contributed by atoms with Gasteiger partial charge in [-0.25, -0.2) is 14.3 Å². The molecule has 3 fully saturated rings. The van der Waals surface area contributed by atoms with Crippen LogP contribution in [-0.4, -0.2) is 31.8 Å². The van der Waals surface area contributed by atoms with E-state index in [1.807, 2.05) is 32.0 Å². The number of hydrogen-bond donors (Lipinski definition) is 1. The second-order valence-corrected chi connectivity index (χ2v) is 11.1. The van der Waals surface area contributed by atoms with Gasteiger partial charge >= 0.3 is 6.09 Å². The second-order valence-electron chi connectivity index (χ2n) is 11.1. The number of fused-ring (bicyclic) bond motifs is 1. The van der Waals surface area contributed by atoms with Gasteiger partial charge in [-0.3, -0.25) is 0 Å². The molecule has 3 aliphatic rings. The zero-order valence-electron chi connectivity index (χ0n) is 21.5. The molecule has 0 amide bonds. The highest BCUT2D eigenvalue weighted by atomic mass is 16.6. The third kappa shape index (κ3) is 4.38. The Kier molecular flexibility index (Phi) is 5.49. The van der Waals surface area contributed by atoms with Crippen LogP contribution in [-0.2, 0) is 4.74 Å². The molecule has 3 aliphatic carbocycles. The minimum absolute atomic E-state index is 0.172. The molecule has 2 heterocycles. The summed E-state index contributed by atoms with van der Waals surface area (Å²) in [7, 11) is 0. The zero-order valence-corrected chi connectivity index (χ0v) is 21.5. The van der Waals surface area contributed by atoms with Crippen LogP contribution >= 0.6 is 0 Å². The standard InChI is InChI=1S/C28H28N6O3/c1-17-11-19(7-6-9-29)12-18(2)22(17)36-23-21-20(8-10-34(21)25(35)37-26(3,4)5)31-24(32-23)33-28-13-27(14-28,15-28)16-30/h6-8,10-12H,13-15H2,1-5H3,(H,31,32,33)/b7-6+. The minimum Gasteiger partial charge on any atom is -0.443 e. The van der Waals surface area contributed by atoms with Crippen LogP contribution < -0.4 is 10.1 Å². The molecular formula is C28H28N6O3. The summed E-state index contributed by atoms with van der Waals surface area (Å²) in [6.45, 7) is 9.25. The molecule has 188 valence electrons. The van der Waals surface area contributed by atoms with Gasteiger partial charge in [0.2, 0.25) is 11.8 Å². The smallest absolute Gasteiger partial charge is 0.419 e. The van der Waals surface area contributed by atoms with Gasteiger partial charge in [-0.2, -0.15) is 15.5 Å². The third-order valence-electron chi connectivity index (χ3n) is 6.77. The van der Waals surface area contributed by atoms with Crippen molar-refractivity contribution in [3.8, 4) is 23.8 Å². The Balaban J connectivity index is 1.56. The molecule has 0 atom stereocenters. The van der Waals surface area contributed by atoms with Crippen LogP contribution in [0.4, 0.5) is 10.7 Å². The SMILES string of the molecule is Cc1cc(/C=C/C#N)cc(C)c1Oc1nc(NC23CC(C#N)(C2)C3)nc2ccn(C(=O)OC(C)(C)C)c12. The van der Waals surface area contributed by atoms with E-state index in [2.05, 4.69) is 21.4 Å². The topological polar surface area (TPSA) is 126 Å². The maximum atomic E-state index is 13.0. The average Bonchev–Trinajstić information content (AvgIpc) is 3.19. The van der Waals surface area contributed by atoms with Crippen LogP contribution in [0.2, 0.25) is 0 Å². The fraction of sp³-hybridized carbons (Fsp3) is 0.393. The molecule has 0 spiro atoms.